The van der Waals surface area contributed by atoms with Crippen LogP contribution in [0, 0.1) is 5.92 Å². The van der Waals surface area contributed by atoms with Gasteiger partial charge < -0.3 is 10.1 Å². The number of esters is 1. The molecule has 2 aromatic heterocycles. The van der Waals surface area contributed by atoms with E-state index in [0.29, 0.717) is 22.6 Å². The second-order valence-corrected chi connectivity index (χ2v) is 8.41. The van der Waals surface area contributed by atoms with Gasteiger partial charge in [0, 0.05) is 10.6 Å². The van der Waals surface area contributed by atoms with Gasteiger partial charge >= 0.3 is 5.97 Å². The van der Waals surface area contributed by atoms with Crippen molar-refractivity contribution in [1.82, 2.24) is 9.55 Å². The number of thiophene rings is 1. The molecule has 1 amide bonds. The van der Waals surface area contributed by atoms with Gasteiger partial charge in [0.05, 0.1) is 24.4 Å². The summed E-state index contributed by atoms with van der Waals surface area (Å²) in [5.74, 6) is -0.235. The van der Waals surface area contributed by atoms with E-state index in [4.69, 9.17) is 0 Å². The van der Waals surface area contributed by atoms with Crippen LogP contribution in [0.2, 0.25) is 0 Å². The fourth-order valence-electron chi connectivity index (χ4n) is 3.68. The van der Waals surface area contributed by atoms with Crippen molar-refractivity contribution >= 4 is 39.1 Å². The van der Waals surface area contributed by atoms with E-state index in [1.165, 1.54) is 28.9 Å². The second-order valence-electron chi connectivity index (χ2n) is 7.33. The topological polar surface area (TPSA) is 90.3 Å². The number of hydrogen-bond donors (Lipinski definition) is 1. The van der Waals surface area contributed by atoms with Crippen molar-refractivity contribution < 1.29 is 14.3 Å². The number of amides is 1. The van der Waals surface area contributed by atoms with Gasteiger partial charge in [-0.3, -0.25) is 14.2 Å². The van der Waals surface area contributed by atoms with E-state index in [-0.39, 0.29) is 18.0 Å². The molecule has 0 spiro atoms. The first-order valence-electron chi connectivity index (χ1n) is 9.44. The summed E-state index contributed by atoms with van der Waals surface area (Å²) < 4.78 is 6.03. The number of nitrogens with zero attached hydrogens (tertiary/aromatic N) is 2. The summed E-state index contributed by atoms with van der Waals surface area (Å²) in [7, 11) is 1.30. The lowest BCUT2D eigenvalue weighted by Gasteiger charge is -2.17. The number of aromatic nitrogens is 2. The Bertz CT molecular complexity index is 1160. The number of carbonyl (C=O) groups excluding carboxylic acids is 2. The van der Waals surface area contributed by atoms with E-state index in [9.17, 15) is 14.4 Å². The first-order valence-corrected chi connectivity index (χ1v) is 10.3. The normalized spacial score (nSPS) is 15.7. The molecule has 29 heavy (non-hydrogen) atoms. The Morgan fingerprint density at radius 1 is 1.38 bits per heavy atom. The van der Waals surface area contributed by atoms with E-state index in [0.717, 1.165) is 29.7 Å². The Labute approximate surface area is 171 Å². The van der Waals surface area contributed by atoms with Crippen LogP contribution in [0.4, 0.5) is 5.69 Å². The molecule has 0 saturated heterocycles. The maximum atomic E-state index is 13.0. The number of anilines is 1. The standard InChI is InChI=1S/C21H21N3O4S/c1-12-6-7-15-16(8-12)29-19-18(15)20(26)24(11-22-19)10-17(25)23-14-5-3-4-13(9-14)21(27)28-2/h3-5,9,11-12H,6-8,10H2,1-2H3,(H,23,25)/t12-/m1/s1. The predicted octanol–water partition coefficient (Wildman–Crippen LogP) is 3.01. The number of aryl methyl sites for hydroxylation is 1. The smallest absolute Gasteiger partial charge is 0.337 e. The van der Waals surface area contributed by atoms with Gasteiger partial charge in [0.2, 0.25) is 5.91 Å². The van der Waals surface area contributed by atoms with Crippen LogP contribution in [0.25, 0.3) is 10.2 Å². The minimum atomic E-state index is -0.483. The second kappa shape index (κ2) is 7.79. The third-order valence-electron chi connectivity index (χ3n) is 5.16. The molecule has 0 radical (unpaired) electrons. The molecular weight excluding hydrogens is 390 g/mol. The molecule has 1 atom stereocenters. The van der Waals surface area contributed by atoms with Gasteiger partial charge in [-0.15, -0.1) is 11.3 Å². The summed E-state index contributed by atoms with van der Waals surface area (Å²) in [4.78, 5) is 43.5. The van der Waals surface area contributed by atoms with Crippen molar-refractivity contribution in [2.75, 3.05) is 12.4 Å². The number of methoxy groups -OCH3 is 1. The molecule has 0 unspecified atom stereocenters. The highest BCUT2D eigenvalue weighted by molar-refractivity contribution is 7.18. The quantitative estimate of drug-likeness (QED) is 0.667. The van der Waals surface area contributed by atoms with Crippen LogP contribution in [-0.2, 0) is 28.9 Å². The van der Waals surface area contributed by atoms with E-state index in [1.54, 1.807) is 29.5 Å². The Hall–Kier alpha value is -3.00. The average molecular weight is 411 g/mol. The third kappa shape index (κ3) is 3.80. The Morgan fingerprint density at radius 2 is 2.21 bits per heavy atom. The van der Waals surface area contributed by atoms with Crippen LogP contribution in [0.1, 0.15) is 34.1 Å². The Kier molecular flexibility index (Phi) is 5.19. The average Bonchev–Trinajstić information content (AvgIpc) is 3.07. The van der Waals surface area contributed by atoms with Gasteiger partial charge in [-0.1, -0.05) is 13.0 Å². The molecule has 2 heterocycles. The zero-order valence-electron chi connectivity index (χ0n) is 16.2. The lowest BCUT2D eigenvalue weighted by molar-refractivity contribution is -0.116. The largest absolute Gasteiger partial charge is 0.465 e. The van der Waals surface area contributed by atoms with E-state index in [2.05, 4.69) is 22.0 Å². The molecular formula is C21H21N3O4S. The van der Waals surface area contributed by atoms with Crippen molar-refractivity contribution in [3.63, 3.8) is 0 Å². The molecule has 4 rings (SSSR count). The summed E-state index contributed by atoms with van der Waals surface area (Å²) in [5.41, 5.74) is 1.72. The van der Waals surface area contributed by atoms with Crippen molar-refractivity contribution in [3.8, 4) is 0 Å². The lowest BCUT2D eigenvalue weighted by Crippen LogP contribution is -2.28. The lowest BCUT2D eigenvalue weighted by atomic mass is 9.89. The highest BCUT2D eigenvalue weighted by Crippen LogP contribution is 2.35. The summed E-state index contributed by atoms with van der Waals surface area (Å²) >= 11 is 1.59. The highest BCUT2D eigenvalue weighted by Gasteiger charge is 2.23. The fraction of sp³-hybridized carbons (Fsp3) is 0.333. The van der Waals surface area contributed by atoms with Gasteiger partial charge in [-0.2, -0.15) is 0 Å². The molecule has 0 fully saturated rings. The minimum Gasteiger partial charge on any atom is -0.465 e. The third-order valence-corrected chi connectivity index (χ3v) is 6.33. The molecule has 8 heteroatoms. The van der Waals surface area contributed by atoms with Crippen molar-refractivity contribution in [1.29, 1.82) is 0 Å². The number of ether oxygens (including phenoxy) is 1. The Morgan fingerprint density at radius 3 is 3.00 bits per heavy atom. The number of carbonyl (C=O) groups is 2. The summed E-state index contributed by atoms with van der Waals surface area (Å²) in [6.07, 6.45) is 4.35. The summed E-state index contributed by atoms with van der Waals surface area (Å²) in [6, 6.07) is 6.46. The van der Waals surface area contributed by atoms with E-state index in [1.807, 2.05) is 0 Å². The molecule has 1 N–H and O–H groups in total. The van der Waals surface area contributed by atoms with Crippen LogP contribution < -0.4 is 10.9 Å². The molecule has 0 saturated carbocycles. The maximum Gasteiger partial charge on any atom is 0.337 e. The summed E-state index contributed by atoms with van der Waals surface area (Å²) in [5, 5.41) is 3.37. The van der Waals surface area contributed by atoms with Crippen molar-refractivity contribution in [3.05, 3.63) is 57.0 Å². The van der Waals surface area contributed by atoms with Gasteiger partial charge in [0.25, 0.3) is 5.56 Å². The molecule has 1 aliphatic carbocycles. The van der Waals surface area contributed by atoms with Crippen LogP contribution in [0.5, 0.6) is 0 Å². The van der Waals surface area contributed by atoms with Crippen LogP contribution in [-0.4, -0.2) is 28.5 Å². The number of fused-ring (bicyclic) bond motifs is 3. The van der Waals surface area contributed by atoms with E-state index < -0.39 is 5.97 Å². The van der Waals surface area contributed by atoms with Crippen LogP contribution in [0.3, 0.4) is 0 Å². The minimum absolute atomic E-state index is 0.148. The SMILES string of the molecule is COC(=O)c1cccc(NC(=O)Cn2cnc3sc4c(c3c2=O)CC[C@@H](C)C4)c1. The van der Waals surface area contributed by atoms with Crippen LogP contribution in [0.15, 0.2) is 35.4 Å². The monoisotopic (exact) mass is 411 g/mol. The molecule has 1 aromatic carbocycles. The molecule has 150 valence electrons. The summed E-state index contributed by atoms with van der Waals surface area (Å²) in [6.45, 7) is 2.07. The van der Waals surface area contributed by atoms with Crippen LogP contribution >= 0.6 is 11.3 Å². The number of hydrogen-bond acceptors (Lipinski definition) is 6. The maximum absolute atomic E-state index is 13.0. The fourth-order valence-corrected chi connectivity index (χ4v) is 5.02. The molecule has 1 aliphatic rings. The van der Waals surface area contributed by atoms with Crippen molar-refractivity contribution in [2.45, 2.75) is 32.7 Å². The van der Waals surface area contributed by atoms with Gasteiger partial charge in [0.1, 0.15) is 11.4 Å². The van der Waals surface area contributed by atoms with Gasteiger partial charge in [0.15, 0.2) is 0 Å². The molecule has 0 bridgehead atoms. The number of nitrogens with one attached hydrogen (secondary N) is 1. The molecule has 7 nitrogen and oxygen atoms in total. The predicted molar refractivity (Wildman–Crippen MR) is 111 cm³/mol. The molecule has 3 aromatic rings. The van der Waals surface area contributed by atoms with Gasteiger partial charge in [-0.05, 0) is 48.9 Å². The van der Waals surface area contributed by atoms with E-state index >= 15 is 0 Å². The van der Waals surface area contributed by atoms with Gasteiger partial charge in [-0.25, -0.2) is 9.78 Å². The van der Waals surface area contributed by atoms with Crippen molar-refractivity contribution in [2.24, 2.45) is 5.92 Å². The highest BCUT2D eigenvalue weighted by atomic mass is 32.1. The first kappa shape index (κ1) is 19.3. The number of benzene rings is 1. The zero-order valence-corrected chi connectivity index (χ0v) is 17.0. The Balaban J connectivity index is 1.57. The first-order chi connectivity index (χ1) is 14.0. The zero-order chi connectivity index (χ0) is 20.5. The number of rotatable bonds is 4. The molecule has 0 aliphatic heterocycles.